The molecule has 3 aromatic rings. The van der Waals surface area contributed by atoms with Gasteiger partial charge in [0.2, 0.25) is 0 Å². The third-order valence-corrected chi connectivity index (χ3v) is 4.90. The number of phenolic OH excluding ortho intramolecular Hbond substituents is 1. The Morgan fingerprint density at radius 2 is 1.48 bits per heavy atom. The average molecular weight is 384 g/mol. The molecule has 0 amide bonds. The first kappa shape index (κ1) is 18.5. The van der Waals surface area contributed by atoms with Gasteiger partial charge in [0.25, 0.3) is 0 Å². The van der Waals surface area contributed by atoms with Crippen molar-refractivity contribution in [3.63, 3.8) is 0 Å². The fourth-order valence-electron chi connectivity index (χ4n) is 2.24. The number of hydrogen-bond acceptors (Lipinski definition) is 6. The molecular formula is C20H16O6S. The number of rotatable bonds is 6. The Hall–Kier alpha value is -3.32. The highest BCUT2D eigenvalue weighted by molar-refractivity contribution is 7.87. The highest BCUT2D eigenvalue weighted by atomic mass is 32.2. The molecule has 27 heavy (non-hydrogen) atoms. The highest BCUT2D eigenvalue weighted by Gasteiger charge is 2.17. The van der Waals surface area contributed by atoms with Gasteiger partial charge in [0, 0.05) is 0 Å². The van der Waals surface area contributed by atoms with Gasteiger partial charge < -0.3 is 14.0 Å². The summed E-state index contributed by atoms with van der Waals surface area (Å²) in [5.41, 5.74) is 1.14. The molecule has 1 N–H and O–H groups in total. The number of carbonyl (C=O) groups excluding carboxylic acids is 1. The second-order valence-corrected chi connectivity index (χ2v) is 7.16. The van der Waals surface area contributed by atoms with E-state index in [4.69, 9.17) is 8.92 Å². The maximum atomic E-state index is 12.2. The summed E-state index contributed by atoms with van der Waals surface area (Å²) in [7, 11) is -4.04. The normalized spacial score (nSPS) is 11.0. The molecule has 0 aromatic heterocycles. The van der Waals surface area contributed by atoms with E-state index in [2.05, 4.69) is 0 Å². The Morgan fingerprint density at radius 3 is 2.11 bits per heavy atom. The zero-order valence-electron chi connectivity index (χ0n) is 14.1. The van der Waals surface area contributed by atoms with E-state index in [1.807, 2.05) is 30.3 Å². The van der Waals surface area contributed by atoms with Crippen molar-refractivity contribution in [2.24, 2.45) is 0 Å². The first-order valence-corrected chi connectivity index (χ1v) is 9.39. The number of esters is 1. The molecule has 0 aliphatic carbocycles. The molecule has 0 fully saturated rings. The Labute approximate surface area is 156 Å². The molecule has 7 heteroatoms. The lowest BCUT2D eigenvalue weighted by atomic mass is 10.2. The summed E-state index contributed by atoms with van der Waals surface area (Å²) in [5.74, 6) is -0.512. The van der Waals surface area contributed by atoms with E-state index in [0.29, 0.717) is 0 Å². The lowest BCUT2D eigenvalue weighted by Gasteiger charge is -2.08. The van der Waals surface area contributed by atoms with Crippen molar-refractivity contribution in [3.8, 4) is 11.5 Å². The van der Waals surface area contributed by atoms with Crippen LogP contribution in [0.15, 0.2) is 83.8 Å². The summed E-state index contributed by atoms with van der Waals surface area (Å²) in [6.45, 7) is 0.146. The van der Waals surface area contributed by atoms with Crippen LogP contribution < -0.4 is 4.18 Å². The van der Waals surface area contributed by atoms with Gasteiger partial charge in [-0.1, -0.05) is 30.3 Å². The van der Waals surface area contributed by atoms with Crippen LogP contribution in [0.5, 0.6) is 11.5 Å². The lowest BCUT2D eigenvalue weighted by molar-refractivity contribution is 0.0472. The Kier molecular flexibility index (Phi) is 5.42. The Morgan fingerprint density at radius 1 is 0.852 bits per heavy atom. The monoisotopic (exact) mass is 384 g/mol. The summed E-state index contributed by atoms with van der Waals surface area (Å²) in [6.07, 6.45) is 0. The van der Waals surface area contributed by atoms with Gasteiger partial charge in [-0.05, 0) is 54.1 Å². The quantitative estimate of drug-likeness (QED) is 0.517. The molecule has 0 heterocycles. The third kappa shape index (κ3) is 4.86. The van der Waals surface area contributed by atoms with Gasteiger partial charge in [0.1, 0.15) is 23.0 Å². The first-order valence-electron chi connectivity index (χ1n) is 7.99. The molecule has 0 spiro atoms. The van der Waals surface area contributed by atoms with E-state index < -0.39 is 16.1 Å². The number of ether oxygens (including phenoxy) is 1. The third-order valence-electron chi connectivity index (χ3n) is 3.63. The van der Waals surface area contributed by atoms with Gasteiger partial charge in [-0.3, -0.25) is 0 Å². The van der Waals surface area contributed by atoms with Crippen LogP contribution in [0.4, 0.5) is 0 Å². The SMILES string of the molecule is O=C(OCc1ccccc1)c1ccc(OS(=O)(=O)c2ccc(O)cc2)cc1. The van der Waals surface area contributed by atoms with Gasteiger partial charge >= 0.3 is 16.1 Å². The Bertz CT molecular complexity index is 1010. The average Bonchev–Trinajstić information content (AvgIpc) is 2.67. The number of carbonyl (C=O) groups is 1. The smallest absolute Gasteiger partial charge is 0.339 e. The van der Waals surface area contributed by atoms with E-state index in [1.165, 1.54) is 48.5 Å². The van der Waals surface area contributed by atoms with Gasteiger partial charge in [0.15, 0.2) is 0 Å². The molecule has 0 bridgehead atoms. The maximum Gasteiger partial charge on any atom is 0.339 e. The number of aromatic hydroxyl groups is 1. The van der Waals surface area contributed by atoms with E-state index >= 15 is 0 Å². The van der Waals surface area contributed by atoms with Crippen LogP contribution in [0.2, 0.25) is 0 Å². The van der Waals surface area contributed by atoms with Crippen LogP contribution in [0, 0.1) is 0 Å². The van der Waals surface area contributed by atoms with Crippen molar-refractivity contribution in [1.29, 1.82) is 0 Å². The zero-order valence-corrected chi connectivity index (χ0v) is 14.9. The molecule has 3 rings (SSSR count). The molecule has 0 aliphatic rings. The van der Waals surface area contributed by atoms with Crippen LogP contribution in [-0.4, -0.2) is 19.5 Å². The molecule has 0 saturated carbocycles. The minimum atomic E-state index is -4.04. The summed E-state index contributed by atoms with van der Waals surface area (Å²) < 4.78 is 34.6. The van der Waals surface area contributed by atoms with Gasteiger partial charge in [0.05, 0.1) is 5.56 Å². The molecule has 0 unspecified atom stereocenters. The standard InChI is InChI=1S/C20H16O6S/c21-17-8-12-19(13-9-17)27(23,24)26-18-10-6-16(7-11-18)20(22)25-14-15-4-2-1-3-5-15/h1-13,21H,14H2. The predicted molar refractivity (Wildman–Crippen MR) is 97.9 cm³/mol. The fourth-order valence-corrected chi connectivity index (χ4v) is 3.17. The van der Waals surface area contributed by atoms with Crippen molar-refractivity contribution in [3.05, 3.63) is 90.0 Å². The highest BCUT2D eigenvalue weighted by Crippen LogP contribution is 2.21. The topological polar surface area (TPSA) is 89.9 Å². The molecule has 0 saturated heterocycles. The van der Waals surface area contributed by atoms with Crippen LogP contribution in [0.1, 0.15) is 15.9 Å². The minimum absolute atomic E-state index is 0.0488. The zero-order chi connectivity index (χ0) is 19.3. The van der Waals surface area contributed by atoms with E-state index in [1.54, 1.807) is 0 Å². The van der Waals surface area contributed by atoms with Crippen LogP contribution in [-0.2, 0) is 21.5 Å². The van der Waals surface area contributed by atoms with E-state index in [0.717, 1.165) is 5.56 Å². The molecule has 138 valence electrons. The van der Waals surface area contributed by atoms with Crippen LogP contribution >= 0.6 is 0 Å². The summed E-state index contributed by atoms with van der Waals surface area (Å²) in [4.78, 5) is 12.0. The summed E-state index contributed by atoms with van der Waals surface area (Å²) in [6, 6.07) is 19.8. The fraction of sp³-hybridized carbons (Fsp3) is 0.0500. The van der Waals surface area contributed by atoms with Crippen molar-refractivity contribution in [2.75, 3.05) is 0 Å². The number of benzene rings is 3. The molecular weight excluding hydrogens is 368 g/mol. The molecule has 0 radical (unpaired) electrons. The number of hydrogen-bond donors (Lipinski definition) is 1. The second kappa shape index (κ2) is 7.92. The lowest BCUT2D eigenvalue weighted by Crippen LogP contribution is -2.10. The van der Waals surface area contributed by atoms with Crippen LogP contribution in [0.25, 0.3) is 0 Å². The molecule has 0 aliphatic heterocycles. The van der Waals surface area contributed by atoms with Crippen molar-refractivity contribution >= 4 is 16.1 Å². The first-order chi connectivity index (χ1) is 12.9. The number of phenols is 1. The second-order valence-electron chi connectivity index (χ2n) is 5.62. The van der Waals surface area contributed by atoms with E-state index in [9.17, 15) is 18.3 Å². The minimum Gasteiger partial charge on any atom is -0.508 e. The van der Waals surface area contributed by atoms with Gasteiger partial charge in [-0.2, -0.15) is 8.42 Å². The summed E-state index contributed by atoms with van der Waals surface area (Å²) >= 11 is 0. The largest absolute Gasteiger partial charge is 0.508 e. The van der Waals surface area contributed by atoms with Crippen LogP contribution in [0.3, 0.4) is 0 Å². The molecule has 6 nitrogen and oxygen atoms in total. The summed E-state index contributed by atoms with van der Waals surface area (Å²) in [5, 5.41) is 9.23. The molecule has 3 aromatic carbocycles. The maximum absolute atomic E-state index is 12.2. The van der Waals surface area contributed by atoms with Gasteiger partial charge in [-0.25, -0.2) is 4.79 Å². The Balaban J connectivity index is 1.64. The molecule has 0 atom stereocenters. The predicted octanol–water partition coefficient (Wildman–Crippen LogP) is 3.52. The van der Waals surface area contributed by atoms with E-state index in [-0.39, 0.29) is 28.6 Å². The van der Waals surface area contributed by atoms with Crippen molar-refractivity contribution < 1.29 is 27.2 Å². The van der Waals surface area contributed by atoms with Crippen molar-refractivity contribution in [2.45, 2.75) is 11.5 Å². The van der Waals surface area contributed by atoms with Crippen molar-refractivity contribution in [1.82, 2.24) is 0 Å². The van der Waals surface area contributed by atoms with Gasteiger partial charge in [-0.15, -0.1) is 0 Å².